The molecule has 0 N–H and O–H groups in total. The van der Waals surface area contributed by atoms with Crippen molar-refractivity contribution in [1.29, 1.82) is 5.26 Å². The van der Waals surface area contributed by atoms with Crippen LogP contribution in [0.1, 0.15) is 40.4 Å². The van der Waals surface area contributed by atoms with Gasteiger partial charge in [0.05, 0.1) is 32.0 Å². The molecule has 5 rings (SSSR count). The molecule has 2 atom stereocenters. The molecule has 0 saturated carbocycles. The van der Waals surface area contributed by atoms with Crippen LogP contribution in [0.5, 0.6) is 17.8 Å². The van der Waals surface area contributed by atoms with E-state index in [1.54, 1.807) is 18.2 Å². The van der Waals surface area contributed by atoms with Gasteiger partial charge in [-0.1, -0.05) is 54.6 Å². The van der Waals surface area contributed by atoms with Crippen LogP contribution in [-0.2, 0) is 16.1 Å². The van der Waals surface area contributed by atoms with Crippen LogP contribution in [0, 0.1) is 11.3 Å². The summed E-state index contributed by atoms with van der Waals surface area (Å²) < 4.78 is 29.7. The fourth-order valence-electron chi connectivity index (χ4n) is 5.50. The quantitative estimate of drug-likeness (QED) is 0.131. The second-order valence-corrected chi connectivity index (χ2v) is 11.9. The molecule has 0 bridgehead atoms. The Bertz CT molecular complexity index is 1600. The number of carbonyl (C=O) groups excluding carboxylic acids is 1. The number of benzene rings is 2. The van der Waals surface area contributed by atoms with Crippen LogP contribution in [0.2, 0.25) is 0 Å². The zero-order valence-corrected chi connectivity index (χ0v) is 26.7. The topological polar surface area (TPSA) is 116 Å². The lowest BCUT2D eigenvalue weighted by Gasteiger charge is -2.45. The predicted molar refractivity (Wildman–Crippen MR) is 173 cm³/mol. The number of nitrogens with zero attached hydrogens (tertiary/aromatic N) is 4. The van der Waals surface area contributed by atoms with Gasteiger partial charge in [-0.2, -0.15) is 15.2 Å². The largest absolute Gasteiger partial charge is 0.480 e. The minimum Gasteiger partial charge on any atom is -0.480 e. The van der Waals surface area contributed by atoms with Crippen LogP contribution in [-0.4, -0.2) is 84.8 Å². The van der Waals surface area contributed by atoms with Crippen molar-refractivity contribution < 1.29 is 28.5 Å². The summed E-state index contributed by atoms with van der Waals surface area (Å²) in [6, 6.07) is 18.9. The Labute approximate surface area is 274 Å². The summed E-state index contributed by atoms with van der Waals surface area (Å²) in [6.07, 6.45) is 7.19. The smallest absolute Gasteiger partial charge is 0.323 e. The minimum absolute atomic E-state index is 0.000975. The van der Waals surface area contributed by atoms with Gasteiger partial charge in [0.2, 0.25) is 11.8 Å². The number of morpholine rings is 1. The average molecular weight is 645 g/mol. The lowest BCUT2D eigenvalue weighted by atomic mass is 9.76. The Morgan fingerprint density at radius 2 is 1.87 bits per heavy atom. The van der Waals surface area contributed by atoms with Crippen molar-refractivity contribution in [3.63, 3.8) is 0 Å². The van der Waals surface area contributed by atoms with Gasteiger partial charge in [0, 0.05) is 26.2 Å². The number of halogens is 1. The standard InChI is InChI=1S/C35H37ClN4O6/c1-34(36)30(28-11-4-3-5-12-28)13-7-14-35(34,46-18-8-15-40-16-19-43-20-17-40)25-45-33-38-31(42-2)29(23-41)32(39-33)44-24-27-10-6-9-26(21-27)22-37/h3-7,9-14,21,23H,8,15-20,24-25H2,1-2H3. The minimum atomic E-state index is -1.11. The van der Waals surface area contributed by atoms with Gasteiger partial charge in [0.15, 0.2) is 6.29 Å². The molecule has 0 spiro atoms. The number of hydrogen-bond donors (Lipinski definition) is 0. The van der Waals surface area contributed by atoms with Crippen LogP contribution in [0.3, 0.4) is 0 Å². The third-order valence-electron chi connectivity index (χ3n) is 8.11. The van der Waals surface area contributed by atoms with Crippen LogP contribution in [0.4, 0.5) is 0 Å². The average Bonchev–Trinajstić information content (AvgIpc) is 3.09. The molecular formula is C35H37ClN4O6. The summed E-state index contributed by atoms with van der Waals surface area (Å²) in [5.41, 5.74) is 1.99. The Hall–Kier alpha value is -4.27. The van der Waals surface area contributed by atoms with E-state index in [2.05, 4.69) is 20.9 Å². The van der Waals surface area contributed by atoms with Gasteiger partial charge in [-0.15, -0.1) is 11.6 Å². The van der Waals surface area contributed by atoms with Crippen molar-refractivity contribution in [2.24, 2.45) is 0 Å². The van der Waals surface area contributed by atoms with Crippen LogP contribution in [0.15, 0.2) is 72.8 Å². The molecular weight excluding hydrogens is 608 g/mol. The van der Waals surface area contributed by atoms with E-state index in [9.17, 15) is 10.1 Å². The zero-order valence-electron chi connectivity index (χ0n) is 26.0. The molecule has 240 valence electrons. The molecule has 3 aromatic rings. The number of alkyl halides is 1. The molecule has 0 radical (unpaired) electrons. The highest BCUT2D eigenvalue weighted by molar-refractivity contribution is 6.31. The summed E-state index contributed by atoms with van der Waals surface area (Å²) in [5.74, 6) is -0.0173. The molecule has 1 fully saturated rings. The van der Waals surface area contributed by atoms with Gasteiger partial charge < -0.3 is 23.7 Å². The summed E-state index contributed by atoms with van der Waals surface area (Å²) in [4.78, 5) is 22.1. The van der Waals surface area contributed by atoms with E-state index in [0.29, 0.717) is 18.5 Å². The van der Waals surface area contributed by atoms with E-state index in [-0.39, 0.29) is 36.5 Å². The highest BCUT2D eigenvalue weighted by atomic mass is 35.5. The fraction of sp³-hybridized carbons (Fsp3) is 0.371. The van der Waals surface area contributed by atoms with Gasteiger partial charge in [0.25, 0.3) is 0 Å². The van der Waals surface area contributed by atoms with Crippen molar-refractivity contribution >= 4 is 23.5 Å². The van der Waals surface area contributed by atoms with Gasteiger partial charge in [-0.05, 0) is 48.3 Å². The first-order chi connectivity index (χ1) is 22.4. The summed E-state index contributed by atoms with van der Waals surface area (Å²) in [7, 11) is 1.40. The van der Waals surface area contributed by atoms with Gasteiger partial charge in [0.1, 0.15) is 29.3 Å². The van der Waals surface area contributed by atoms with E-state index in [0.717, 1.165) is 56.0 Å². The molecule has 10 nitrogen and oxygen atoms in total. The molecule has 2 aromatic carbocycles. The predicted octanol–water partition coefficient (Wildman–Crippen LogP) is 5.26. The summed E-state index contributed by atoms with van der Waals surface area (Å²) in [6.45, 7) is 6.49. The Morgan fingerprint density at radius 3 is 2.61 bits per heavy atom. The number of carbonyl (C=O) groups is 1. The Morgan fingerprint density at radius 1 is 1.09 bits per heavy atom. The van der Waals surface area contributed by atoms with Crippen molar-refractivity contribution in [2.75, 3.05) is 53.2 Å². The van der Waals surface area contributed by atoms with Gasteiger partial charge >= 0.3 is 6.01 Å². The number of rotatable bonds is 14. The van der Waals surface area contributed by atoms with Crippen LogP contribution >= 0.6 is 11.6 Å². The lowest BCUT2D eigenvalue weighted by Crippen LogP contribution is -2.55. The monoisotopic (exact) mass is 644 g/mol. The van der Waals surface area contributed by atoms with Crippen molar-refractivity contribution in [2.45, 2.75) is 30.4 Å². The molecule has 11 heteroatoms. The molecule has 2 heterocycles. The van der Waals surface area contributed by atoms with E-state index in [1.807, 2.05) is 61.5 Å². The Kier molecular flexibility index (Phi) is 11.0. The highest BCUT2D eigenvalue weighted by Crippen LogP contribution is 2.47. The summed E-state index contributed by atoms with van der Waals surface area (Å²) >= 11 is 7.46. The summed E-state index contributed by atoms with van der Waals surface area (Å²) in [5, 5.41) is 9.24. The number of nitriles is 1. The molecule has 1 aromatic heterocycles. The second kappa shape index (κ2) is 15.3. The maximum atomic E-state index is 12.0. The van der Waals surface area contributed by atoms with Crippen LogP contribution < -0.4 is 14.2 Å². The number of hydrogen-bond acceptors (Lipinski definition) is 10. The number of aromatic nitrogens is 2. The zero-order chi connectivity index (χ0) is 32.4. The van der Waals surface area contributed by atoms with Crippen LogP contribution in [0.25, 0.3) is 5.57 Å². The molecule has 0 amide bonds. The highest BCUT2D eigenvalue weighted by Gasteiger charge is 2.51. The maximum absolute atomic E-state index is 12.0. The second-order valence-electron chi connectivity index (χ2n) is 11.1. The fourth-order valence-corrected chi connectivity index (χ4v) is 5.84. The molecule has 2 unspecified atom stereocenters. The molecule has 46 heavy (non-hydrogen) atoms. The van der Waals surface area contributed by atoms with E-state index >= 15 is 0 Å². The third-order valence-corrected chi connectivity index (χ3v) is 8.63. The molecule has 2 aliphatic rings. The first kappa shape index (κ1) is 33.1. The molecule has 1 aliphatic heterocycles. The van der Waals surface area contributed by atoms with Gasteiger partial charge in [-0.25, -0.2) is 0 Å². The molecule has 1 aliphatic carbocycles. The number of aldehydes is 1. The van der Waals surface area contributed by atoms with Crippen molar-refractivity contribution in [3.05, 3.63) is 95.1 Å². The first-order valence-electron chi connectivity index (χ1n) is 15.1. The SMILES string of the molecule is COc1nc(OCC2(OCCCN3CCOCC3)C=CC=C(c3ccccc3)C2(C)Cl)nc(OCc2cccc(C#N)c2)c1C=O. The maximum Gasteiger partial charge on any atom is 0.323 e. The number of ether oxygens (including phenoxy) is 5. The number of allylic oxidation sites excluding steroid dienone is 2. The number of methoxy groups -OCH3 is 1. The van der Waals surface area contributed by atoms with Gasteiger partial charge in [-0.3, -0.25) is 9.69 Å². The third kappa shape index (κ3) is 7.57. The van der Waals surface area contributed by atoms with Crippen molar-refractivity contribution in [1.82, 2.24) is 14.9 Å². The van der Waals surface area contributed by atoms with E-state index in [1.165, 1.54) is 7.11 Å². The lowest BCUT2D eigenvalue weighted by molar-refractivity contribution is -0.0577. The van der Waals surface area contributed by atoms with E-state index in [4.69, 9.17) is 35.3 Å². The van der Waals surface area contributed by atoms with Crippen molar-refractivity contribution in [3.8, 4) is 23.8 Å². The normalized spacial score (nSPS) is 21.2. The van der Waals surface area contributed by atoms with E-state index < -0.39 is 10.5 Å². The first-order valence-corrected chi connectivity index (χ1v) is 15.5. The molecule has 1 saturated heterocycles. The Balaban J connectivity index is 1.39.